The van der Waals surface area contributed by atoms with E-state index in [1.165, 1.54) is 5.56 Å². The van der Waals surface area contributed by atoms with Gasteiger partial charge in [-0.1, -0.05) is 67.6 Å². The van der Waals surface area contributed by atoms with Crippen LogP contribution in [0.15, 0.2) is 79.0 Å². The summed E-state index contributed by atoms with van der Waals surface area (Å²) in [6.45, 7) is 2.17. The number of amides is 1. The van der Waals surface area contributed by atoms with Crippen molar-refractivity contribution in [3.8, 4) is 0 Å². The third kappa shape index (κ3) is 6.06. The SMILES string of the molecule is CC(CC=CCC(N)=O)c1ccccc1.Nc1cccc2cccnc12. The van der Waals surface area contributed by atoms with E-state index in [9.17, 15) is 4.79 Å². The Balaban J connectivity index is 0.000000195. The van der Waals surface area contributed by atoms with Crippen LogP contribution in [0.5, 0.6) is 0 Å². The van der Waals surface area contributed by atoms with Gasteiger partial charge in [0, 0.05) is 18.0 Å². The Bertz CT molecular complexity index is 854. The maximum atomic E-state index is 10.5. The maximum absolute atomic E-state index is 10.5. The van der Waals surface area contributed by atoms with E-state index in [0.29, 0.717) is 12.3 Å². The number of nitrogen functional groups attached to an aromatic ring is 1. The summed E-state index contributed by atoms with van der Waals surface area (Å²) < 4.78 is 0. The Hall–Kier alpha value is -3.14. The highest BCUT2D eigenvalue weighted by Gasteiger charge is 2.01. The summed E-state index contributed by atoms with van der Waals surface area (Å²) in [6, 6.07) is 20.0. The molecule has 0 spiro atoms. The van der Waals surface area contributed by atoms with E-state index in [4.69, 9.17) is 11.5 Å². The Labute approximate surface area is 154 Å². The molecule has 1 aromatic heterocycles. The van der Waals surface area contributed by atoms with Crippen LogP contribution in [-0.4, -0.2) is 10.9 Å². The lowest BCUT2D eigenvalue weighted by Crippen LogP contribution is -2.08. The number of para-hydroxylation sites is 1. The lowest BCUT2D eigenvalue weighted by molar-refractivity contribution is -0.117. The van der Waals surface area contributed by atoms with Crippen molar-refractivity contribution in [3.63, 3.8) is 0 Å². The molecule has 0 saturated carbocycles. The Morgan fingerprint density at radius 1 is 1.04 bits per heavy atom. The zero-order chi connectivity index (χ0) is 18.8. The number of primary amides is 1. The number of nitrogens with zero attached hydrogens (tertiary/aromatic N) is 1. The molecule has 0 aliphatic carbocycles. The van der Waals surface area contributed by atoms with Crippen molar-refractivity contribution in [1.82, 2.24) is 4.98 Å². The van der Waals surface area contributed by atoms with E-state index in [-0.39, 0.29) is 5.91 Å². The number of pyridine rings is 1. The first-order valence-electron chi connectivity index (χ1n) is 8.65. The van der Waals surface area contributed by atoms with Crippen molar-refractivity contribution in [2.75, 3.05) is 5.73 Å². The molecule has 3 aromatic rings. The number of hydrogen-bond donors (Lipinski definition) is 2. The highest BCUT2D eigenvalue weighted by Crippen LogP contribution is 2.18. The van der Waals surface area contributed by atoms with Crippen LogP contribution < -0.4 is 11.5 Å². The number of rotatable bonds is 5. The first kappa shape index (κ1) is 19.2. The largest absolute Gasteiger partial charge is 0.397 e. The highest BCUT2D eigenvalue weighted by atomic mass is 16.1. The van der Waals surface area contributed by atoms with Gasteiger partial charge in [0.25, 0.3) is 0 Å². The molecule has 134 valence electrons. The van der Waals surface area contributed by atoms with Crippen molar-refractivity contribution in [2.45, 2.75) is 25.7 Å². The number of nitrogens with two attached hydrogens (primary N) is 2. The summed E-state index contributed by atoms with van der Waals surface area (Å²) in [5.74, 6) is 0.203. The molecule has 4 N–H and O–H groups in total. The van der Waals surface area contributed by atoms with E-state index < -0.39 is 0 Å². The molecule has 3 rings (SSSR count). The zero-order valence-corrected chi connectivity index (χ0v) is 15.0. The Morgan fingerprint density at radius 3 is 2.46 bits per heavy atom. The van der Waals surface area contributed by atoms with Crippen molar-refractivity contribution in [3.05, 3.63) is 84.6 Å². The summed E-state index contributed by atoms with van der Waals surface area (Å²) in [5, 5.41) is 1.09. The number of carbonyl (C=O) groups is 1. The summed E-state index contributed by atoms with van der Waals surface area (Å²) in [6.07, 6.45) is 6.88. The minimum Gasteiger partial charge on any atom is -0.397 e. The smallest absolute Gasteiger partial charge is 0.221 e. The second-order valence-electron chi connectivity index (χ2n) is 6.11. The topological polar surface area (TPSA) is 82.0 Å². The van der Waals surface area contributed by atoms with Crippen molar-refractivity contribution in [1.29, 1.82) is 0 Å². The van der Waals surface area contributed by atoms with E-state index >= 15 is 0 Å². The molecule has 0 bridgehead atoms. The van der Waals surface area contributed by atoms with Crippen LogP contribution in [0, 0.1) is 0 Å². The van der Waals surface area contributed by atoms with Gasteiger partial charge in [-0.2, -0.15) is 0 Å². The van der Waals surface area contributed by atoms with Gasteiger partial charge in [-0.15, -0.1) is 0 Å². The molecule has 0 aliphatic rings. The molecule has 1 heterocycles. The summed E-state index contributed by atoms with van der Waals surface area (Å²) in [4.78, 5) is 14.6. The maximum Gasteiger partial charge on any atom is 0.221 e. The third-order valence-corrected chi connectivity index (χ3v) is 4.01. The summed E-state index contributed by atoms with van der Waals surface area (Å²) >= 11 is 0. The Kier molecular flexibility index (Phi) is 7.37. The molecular weight excluding hydrogens is 322 g/mol. The zero-order valence-electron chi connectivity index (χ0n) is 15.0. The average Bonchev–Trinajstić information content (AvgIpc) is 2.67. The number of allylic oxidation sites excluding steroid dienone is 1. The number of carbonyl (C=O) groups excluding carboxylic acids is 1. The third-order valence-electron chi connectivity index (χ3n) is 4.01. The minimum absolute atomic E-state index is 0.279. The van der Waals surface area contributed by atoms with Gasteiger partial charge in [0.15, 0.2) is 0 Å². The van der Waals surface area contributed by atoms with Crippen molar-refractivity contribution in [2.24, 2.45) is 5.73 Å². The summed E-state index contributed by atoms with van der Waals surface area (Å²) in [7, 11) is 0. The molecule has 4 heteroatoms. The molecule has 2 aromatic carbocycles. The van der Waals surface area contributed by atoms with E-state index in [1.54, 1.807) is 6.20 Å². The lowest BCUT2D eigenvalue weighted by atomic mass is 9.98. The molecule has 0 radical (unpaired) electrons. The summed E-state index contributed by atoms with van der Waals surface area (Å²) in [5.41, 5.74) is 13.7. The lowest BCUT2D eigenvalue weighted by Gasteiger charge is -2.08. The normalized spacial score (nSPS) is 11.7. The van der Waals surface area contributed by atoms with Crippen LogP contribution in [0.3, 0.4) is 0 Å². The van der Waals surface area contributed by atoms with Crippen molar-refractivity contribution >= 4 is 22.5 Å². The van der Waals surface area contributed by atoms with Crippen LogP contribution in [0.1, 0.15) is 31.2 Å². The molecule has 4 nitrogen and oxygen atoms in total. The molecule has 1 amide bonds. The molecule has 0 aliphatic heterocycles. The number of hydrogen-bond acceptors (Lipinski definition) is 3. The average molecular weight is 347 g/mol. The number of anilines is 1. The van der Waals surface area contributed by atoms with Crippen LogP contribution >= 0.6 is 0 Å². The van der Waals surface area contributed by atoms with Crippen LogP contribution in [0.25, 0.3) is 10.9 Å². The van der Waals surface area contributed by atoms with Crippen LogP contribution in [-0.2, 0) is 4.79 Å². The number of aromatic nitrogens is 1. The van der Waals surface area contributed by atoms with Gasteiger partial charge in [0.1, 0.15) is 0 Å². The second kappa shape index (κ2) is 9.99. The van der Waals surface area contributed by atoms with Gasteiger partial charge in [0.2, 0.25) is 5.91 Å². The first-order valence-corrected chi connectivity index (χ1v) is 8.65. The highest BCUT2D eigenvalue weighted by molar-refractivity contribution is 5.88. The van der Waals surface area contributed by atoms with Crippen LogP contribution in [0.4, 0.5) is 5.69 Å². The van der Waals surface area contributed by atoms with Gasteiger partial charge >= 0.3 is 0 Å². The quantitative estimate of drug-likeness (QED) is 0.529. The first-order chi connectivity index (χ1) is 12.6. The number of benzene rings is 2. The predicted molar refractivity (Wildman–Crippen MR) is 109 cm³/mol. The fourth-order valence-corrected chi connectivity index (χ4v) is 2.55. The van der Waals surface area contributed by atoms with Crippen molar-refractivity contribution < 1.29 is 4.79 Å². The van der Waals surface area contributed by atoms with Gasteiger partial charge in [-0.3, -0.25) is 9.78 Å². The van der Waals surface area contributed by atoms with E-state index in [1.807, 2.05) is 60.7 Å². The molecular formula is C22H25N3O. The standard InChI is InChI=1S/C13H17NO.C9H8N2/c1-11(7-5-6-10-13(14)15)12-8-3-2-4-9-12;10-8-5-1-3-7-4-2-6-11-9(7)8/h2-6,8-9,11H,7,10H2,1H3,(H2,14,15);1-6H,10H2. The molecule has 0 fully saturated rings. The van der Waals surface area contributed by atoms with Gasteiger partial charge in [-0.05, 0) is 30.0 Å². The Morgan fingerprint density at radius 2 is 1.77 bits per heavy atom. The molecule has 1 unspecified atom stereocenters. The second-order valence-corrected chi connectivity index (χ2v) is 6.11. The molecule has 0 saturated heterocycles. The van der Waals surface area contributed by atoms with E-state index in [0.717, 1.165) is 23.0 Å². The predicted octanol–water partition coefficient (Wildman–Crippen LogP) is 4.43. The monoisotopic (exact) mass is 347 g/mol. The molecule has 26 heavy (non-hydrogen) atoms. The van der Waals surface area contributed by atoms with Gasteiger partial charge in [-0.25, -0.2) is 0 Å². The van der Waals surface area contributed by atoms with E-state index in [2.05, 4.69) is 24.0 Å². The van der Waals surface area contributed by atoms with Gasteiger partial charge in [0.05, 0.1) is 11.2 Å². The van der Waals surface area contributed by atoms with Crippen LogP contribution in [0.2, 0.25) is 0 Å². The fraction of sp³-hybridized carbons (Fsp3) is 0.182. The fourth-order valence-electron chi connectivity index (χ4n) is 2.55. The molecule has 1 atom stereocenters. The minimum atomic E-state index is -0.279. The number of fused-ring (bicyclic) bond motifs is 1. The van der Waals surface area contributed by atoms with Gasteiger partial charge < -0.3 is 11.5 Å².